The van der Waals surface area contributed by atoms with Gasteiger partial charge in [-0.1, -0.05) is 55.8 Å². The number of nitrogens with one attached hydrogen (secondary N) is 1. The van der Waals surface area contributed by atoms with Crippen LogP contribution in [0.4, 0.5) is 0 Å². The van der Waals surface area contributed by atoms with Gasteiger partial charge >= 0.3 is 0 Å². The van der Waals surface area contributed by atoms with E-state index in [1.165, 1.54) is 11.1 Å². The topological polar surface area (TPSA) is 79.7 Å². The molecule has 4 aromatic rings. The molecule has 0 saturated carbocycles. The first-order valence-electron chi connectivity index (χ1n) is 12.5. The fourth-order valence-corrected chi connectivity index (χ4v) is 4.56. The number of fused-ring (bicyclic) bond motifs is 1. The van der Waals surface area contributed by atoms with Gasteiger partial charge in [-0.25, -0.2) is 4.68 Å². The number of aromatic amines is 1. The normalized spacial score (nSPS) is 13.0. The highest BCUT2D eigenvalue weighted by Gasteiger charge is 2.30. The van der Waals surface area contributed by atoms with Crippen LogP contribution in [0.2, 0.25) is 0 Å². The zero-order valence-electron chi connectivity index (χ0n) is 21.5. The maximum atomic E-state index is 13.1. The van der Waals surface area contributed by atoms with Gasteiger partial charge in [0.15, 0.2) is 5.82 Å². The van der Waals surface area contributed by atoms with E-state index in [1.54, 1.807) is 0 Å². The summed E-state index contributed by atoms with van der Waals surface area (Å²) in [7, 11) is 0. The third kappa shape index (κ3) is 5.51. The number of hydrogen-bond donors (Lipinski definition) is 1. The summed E-state index contributed by atoms with van der Waals surface area (Å²) in [5.74, 6) is 0.848. The van der Waals surface area contributed by atoms with Crippen LogP contribution in [-0.2, 0) is 18.5 Å². The van der Waals surface area contributed by atoms with Gasteiger partial charge in [-0.15, -0.1) is 5.10 Å². The minimum Gasteiger partial charge on any atom is -0.322 e. The molecule has 2 heterocycles. The first kappa shape index (κ1) is 24.8. The average molecular weight is 473 g/mol. The van der Waals surface area contributed by atoms with Gasteiger partial charge < -0.3 is 4.98 Å². The summed E-state index contributed by atoms with van der Waals surface area (Å²) in [4.78, 5) is 18.5. The second-order valence-electron chi connectivity index (χ2n) is 9.96. The van der Waals surface area contributed by atoms with Gasteiger partial charge in [0, 0.05) is 24.2 Å². The Morgan fingerprint density at radius 3 is 2.57 bits per heavy atom. The van der Waals surface area contributed by atoms with Crippen molar-refractivity contribution in [3.63, 3.8) is 0 Å². The number of benzene rings is 2. The van der Waals surface area contributed by atoms with E-state index in [-0.39, 0.29) is 17.1 Å². The van der Waals surface area contributed by atoms with Crippen LogP contribution < -0.4 is 5.56 Å². The van der Waals surface area contributed by atoms with Crippen molar-refractivity contribution in [2.75, 3.05) is 6.54 Å². The number of pyridine rings is 1. The van der Waals surface area contributed by atoms with Crippen molar-refractivity contribution in [1.29, 1.82) is 0 Å². The van der Waals surface area contributed by atoms with E-state index in [9.17, 15) is 4.79 Å². The van der Waals surface area contributed by atoms with E-state index in [4.69, 9.17) is 0 Å². The molecule has 7 heteroatoms. The molecular weight excluding hydrogens is 436 g/mol. The van der Waals surface area contributed by atoms with Crippen molar-refractivity contribution in [3.05, 3.63) is 87.5 Å². The van der Waals surface area contributed by atoms with Gasteiger partial charge in [-0.3, -0.25) is 9.69 Å². The average Bonchev–Trinajstić information content (AvgIpc) is 3.35. The minimum atomic E-state index is -0.199. The molecule has 0 radical (unpaired) electrons. The number of hydrogen-bond acceptors (Lipinski definition) is 5. The molecule has 0 aliphatic heterocycles. The number of rotatable bonds is 10. The van der Waals surface area contributed by atoms with E-state index < -0.39 is 0 Å². The Kier molecular flexibility index (Phi) is 7.45. The number of aryl methyl sites for hydroxylation is 1. The molecule has 1 atom stereocenters. The molecule has 2 aromatic heterocycles. The van der Waals surface area contributed by atoms with Crippen molar-refractivity contribution >= 4 is 10.9 Å². The monoisotopic (exact) mass is 472 g/mol. The Morgan fingerprint density at radius 2 is 1.86 bits per heavy atom. The molecule has 0 fully saturated rings. The molecule has 2 aromatic carbocycles. The van der Waals surface area contributed by atoms with Crippen LogP contribution in [0.25, 0.3) is 10.9 Å². The van der Waals surface area contributed by atoms with Crippen molar-refractivity contribution in [1.82, 2.24) is 30.1 Å². The first-order valence-corrected chi connectivity index (χ1v) is 12.5. The lowest BCUT2D eigenvalue weighted by molar-refractivity contribution is 0.160. The SMILES string of the molecule is CCC(c1nnnn1C(C)(C)CC)N(CCc1ccccc1)Cc1cc2cc(C)ccc2[nH]c1=O. The number of H-pyrrole nitrogens is 1. The fourth-order valence-electron chi connectivity index (χ4n) is 4.56. The lowest BCUT2D eigenvalue weighted by Gasteiger charge is -2.33. The highest BCUT2D eigenvalue weighted by molar-refractivity contribution is 5.79. The maximum absolute atomic E-state index is 13.1. The van der Waals surface area contributed by atoms with Gasteiger partial charge in [0.1, 0.15) is 0 Å². The van der Waals surface area contributed by atoms with Crippen LogP contribution in [0.3, 0.4) is 0 Å². The van der Waals surface area contributed by atoms with Crippen LogP contribution in [0, 0.1) is 6.92 Å². The number of aromatic nitrogens is 5. The minimum absolute atomic E-state index is 0.0212. The Morgan fingerprint density at radius 1 is 1.09 bits per heavy atom. The molecule has 0 amide bonds. The van der Waals surface area contributed by atoms with Gasteiger partial charge in [-0.2, -0.15) is 0 Å². The smallest absolute Gasteiger partial charge is 0.252 e. The molecule has 0 spiro atoms. The molecule has 0 aliphatic carbocycles. The first-order chi connectivity index (χ1) is 16.8. The number of nitrogens with zero attached hydrogens (tertiary/aromatic N) is 5. The van der Waals surface area contributed by atoms with E-state index in [1.807, 2.05) is 28.9 Å². The standard InChI is InChI=1S/C28H36N6O/c1-6-25(26-30-31-32-34(26)28(4,5)7-2)33(16-15-21-11-9-8-10-12-21)19-23-18-22-17-20(3)13-14-24(22)29-27(23)35/h8-14,17-18,25H,6-7,15-16,19H2,1-5H3,(H,29,35). The van der Waals surface area contributed by atoms with Crippen LogP contribution in [0.15, 0.2) is 59.4 Å². The van der Waals surface area contributed by atoms with Crippen LogP contribution in [0.5, 0.6) is 0 Å². The van der Waals surface area contributed by atoms with Gasteiger partial charge in [0.05, 0.1) is 11.6 Å². The molecule has 184 valence electrons. The third-order valence-electron chi connectivity index (χ3n) is 7.04. The number of tetrazole rings is 1. The summed E-state index contributed by atoms with van der Waals surface area (Å²) in [6.45, 7) is 12.0. The lowest BCUT2D eigenvalue weighted by Crippen LogP contribution is -2.37. The van der Waals surface area contributed by atoms with Crippen LogP contribution >= 0.6 is 0 Å². The molecule has 0 aliphatic rings. The third-order valence-corrected chi connectivity index (χ3v) is 7.04. The molecule has 1 unspecified atom stereocenters. The Balaban J connectivity index is 1.72. The summed E-state index contributed by atoms with van der Waals surface area (Å²) in [5, 5.41) is 13.9. The van der Waals surface area contributed by atoms with Crippen LogP contribution in [-0.4, -0.2) is 36.6 Å². The Hall–Kier alpha value is -3.32. The van der Waals surface area contributed by atoms with Gasteiger partial charge in [0.25, 0.3) is 5.56 Å². The Labute approximate surface area is 207 Å². The predicted octanol–water partition coefficient (Wildman–Crippen LogP) is 5.16. The van der Waals surface area contributed by atoms with E-state index >= 15 is 0 Å². The highest BCUT2D eigenvalue weighted by Crippen LogP contribution is 2.29. The summed E-state index contributed by atoms with van der Waals surface area (Å²) in [5.41, 5.74) is 3.81. The second-order valence-corrected chi connectivity index (χ2v) is 9.96. The van der Waals surface area contributed by atoms with Gasteiger partial charge in [-0.05, 0) is 79.6 Å². The molecule has 4 rings (SSSR count). The second kappa shape index (κ2) is 10.5. The largest absolute Gasteiger partial charge is 0.322 e. The van der Waals surface area contributed by atoms with E-state index in [0.717, 1.165) is 48.1 Å². The quantitative estimate of drug-likeness (QED) is 0.345. The molecule has 35 heavy (non-hydrogen) atoms. The zero-order valence-corrected chi connectivity index (χ0v) is 21.5. The lowest BCUT2D eigenvalue weighted by atomic mass is 10.0. The van der Waals surface area contributed by atoms with Crippen molar-refractivity contribution in [3.8, 4) is 0 Å². The molecule has 1 N–H and O–H groups in total. The van der Waals surface area contributed by atoms with E-state index in [2.05, 4.69) is 90.4 Å². The van der Waals surface area contributed by atoms with Gasteiger partial charge in [0.2, 0.25) is 0 Å². The maximum Gasteiger partial charge on any atom is 0.252 e. The Bertz CT molecular complexity index is 1320. The molecule has 0 bridgehead atoms. The molecule has 7 nitrogen and oxygen atoms in total. The summed E-state index contributed by atoms with van der Waals surface area (Å²) in [6, 6.07) is 18.6. The zero-order chi connectivity index (χ0) is 25.0. The summed E-state index contributed by atoms with van der Waals surface area (Å²) in [6.07, 6.45) is 2.62. The predicted molar refractivity (Wildman–Crippen MR) is 140 cm³/mol. The van der Waals surface area contributed by atoms with Crippen molar-refractivity contribution in [2.45, 2.75) is 72.0 Å². The summed E-state index contributed by atoms with van der Waals surface area (Å²) < 4.78 is 1.96. The molecular formula is C28H36N6O. The van der Waals surface area contributed by atoms with E-state index in [0.29, 0.717) is 6.54 Å². The fraction of sp³-hybridized carbons (Fsp3) is 0.429. The van der Waals surface area contributed by atoms with Crippen LogP contribution in [0.1, 0.15) is 69.1 Å². The highest BCUT2D eigenvalue weighted by atomic mass is 16.1. The summed E-state index contributed by atoms with van der Waals surface area (Å²) >= 11 is 0. The van der Waals surface area contributed by atoms with Crippen molar-refractivity contribution in [2.24, 2.45) is 0 Å². The molecule has 0 saturated heterocycles. The van der Waals surface area contributed by atoms with Crippen molar-refractivity contribution < 1.29 is 0 Å².